The van der Waals surface area contributed by atoms with Gasteiger partial charge in [-0.25, -0.2) is 4.79 Å². The number of rotatable bonds is 1. The molecule has 0 saturated carbocycles. The molecule has 17 heavy (non-hydrogen) atoms. The van der Waals surface area contributed by atoms with E-state index in [-0.39, 0.29) is 12.1 Å². The van der Waals surface area contributed by atoms with E-state index in [4.69, 9.17) is 4.74 Å². The van der Waals surface area contributed by atoms with Crippen LogP contribution in [0.2, 0.25) is 0 Å². The minimum atomic E-state index is -0.549. The van der Waals surface area contributed by atoms with Gasteiger partial charge in [0.15, 0.2) is 0 Å². The third kappa shape index (κ3) is 5.55. The van der Waals surface area contributed by atoms with Gasteiger partial charge in [0.05, 0.1) is 0 Å². The maximum Gasteiger partial charge on any atom is 0.508 e. The van der Waals surface area contributed by atoms with Gasteiger partial charge in [0.2, 0.25) is 0 Å². The molecule has 1 aromatic carbocycles. The number of hydrogen-bond acceptors (Lipinski definition) is 5. The molecule has 0 amide bonds. The predicted molar refractivity (Wildman–Crippen MR) is 59.6 cm³/mol. The first-order valence-electron chi connectivity index (χ1n) is 5.15. The highest BCUT2D eigenvalue weighted by molar-refractivity contribution is 5.69. The fourth-order valence-corrected chi connectivity index (χ4v) is 1.07. The third-order valence-electron chi connectivity index (χ3n) is 1.74. The smallest absolute Gasteiger partial charge is 0.430 e. The Balaban J connectivity index is 0.000000181. The Bertz CT molecular complexity index is 374. The number of ether oxygens (including phenoxy) is 3. The minimum absolute atomic E-state index is 0.0486. The van der Waals surface area contributed by atoms with Crippen LogP contribution in [0.3, 0.4) is 0 Å². The molecule has 92 valence electrons. The van der Waals surface area contributed by atoms with Gasteiger partial charge in [0, 0.05) is 6.92 Å². The third-order valence-corrected chi connectivity index (χ3v) is 1.74. The van der Waals surface area contributed by atoms with Crippen LogP contribution in [-0.2, 0) is 14.3 Å². The quantitative estimate of drug-likeness (QED) is 0.554. The zero-order chi connectivity index (χ0) is 12.7. The number of hydrogen-bond donors (Lipinski definition) is 0. The van der Waals surface area contributed by atoms with Gasteiger partial charge in [-0.05, 0) is 19.1 Å². The average molecular weight is 238 g/mol. The molecule has 1 aromatic rings. The van der Waals surface area contributed by atoms with E-state index in [1.54, 1.807) is 19.1 Å². The topological polar surface area (TPSA) is 61.8 Å². The molecule has 0 N–H and O–H groups in total. The first-order valence-corrected chi connectivity index (χ1v) is 5.15. The van der Waals surface area contributed by atoms with Gasteiger partial charge in [0.25, 0.3) is 0 Å². The minimum Gasteiger partial charge on any atom is -0.430 e. The number of esters is 1. The second-order valence-electron chi connectivity index (χ2n) is 3.40. The maximum atomic E-state index is 10.4. The monoisotopic (exact) mass is 238 g/mol. The number of para-hydroxylation sites is 1. The number of carbonyl (C=O) groups excluding carboxylic acids is 2. The SMILES string of the molecule is CC(=O)Oc1ccccc1.CC1COC(=O)O1. The largest absolute Gasteiger partial charge is 0.508 e. The molecule has 2 rings (SSSR count). The van der Waals surface area contributed by atoms with E-state index in [1.807, 2.05) is 18.2 Å². The lowest BCUT2D eigenvalue weighted by atomic mass is 10.3. The van der Waals surface area contributed by atoms with Gasteiger partial charge in [-0.15, -0.1) is 0 Å². The Labute approximate surface area is 99.3 Å². The second-order valence-corrected chi connectivity index (χ2v) is 3.40. The van der Waals surface area contributed by atoms with Crippen LogP contribution in [0, 0.1) is 0 Å². The van der Waals surface area contributed by atoms with Gasteiger partial charge in [-0.3, -0.25) is 4.79 Å². The molecule has 1 aliphatic heterocycles. The van der Waals surface area contributed by atoms with Gasteiger partial charge in [-0.2, -0.15) is 0 Å². The molecule has 1 fully saturated rings. The normalized spacial score (nSPS) is 17.3. The molecular formula is C12H14O5. The molecule has 0 radical (unpaired) electrons. The van der Waals surface area contributed by atoms with Gasteiger partial charge < -0.3 is 14.2 Å². The molecule has 1 heterocycles. The Morgan fingerprint density at radius 3 is 2.35 bits per heavy atom. The van der Waals surface area contributed by atoms with Gasteiger partial charge >= 0.3 is 12.1 Å². The summed E-state index contributed by atoms with van der Waals surface area (Å²) in [5.41, 5.74) is 0. The van der Waals surface area contributed by atoms with Crippen molar-refractivity contribution in [2.75, 3.05) is 6.61 Å². The first kappa shape index (κ1) is 13.0. The van der Waals surface area contributed by atoms with Crippen LogP contribution < -0.4 is 4.74 Å². The van der Waals surface area contributed by atoms with Crippen molar-refractivity contribution < 1.29 is 23.8 Å². The molecule has 0 aromatic heterocycles. The summed E-state index contributed by atoms with van der Waals surface area (Å²) in [4.78, 5) is 20.4. The lowest BCUT2D eigenvalue weighted by Gasteiger charge is -1.97. The summed E-state index contributed by atoms with van der Waals surface area (Å²) in [5.74, 6) is 0.307. The standard InChI is InChI=1S/C8H8O2.C4H6O3/c1-7(9)10-8-5-3-2-4-6-8;1-3-2-6-4(5)7-3/h2-6H,1H3;3H,2H2,1H3. The molecule has 1 unspecified atom stereocenters. The van der Waals surface area contributed by atoms with Crippen molar-refractivity contribution in [1.82, 2.24) is 0 Å². The van der Waals surface area contributed by atoms with E-state index < -0.39 is 6.16 Å². The number of benzene rings is 1. The van der Waals surface area contributed by atoms with Crippen molar-refractivity contribution in [3.05, 3.63) is 30.3 Å². The average Bonchev–Trinajstić information content (AvgIpc) is 2.64. The zero-order valence-electron chi connectivity index (χ0n) is 9.71. The highest BCUT2D eigenvalue weighted by Crippen LogP contribution is 2.07. The van der Waals surface area contributed by atoms with E-state index in [1.165, 1.54) is 6.92 Å². The lowest BCUT2D eigenvalue weighted by Crippen LogP contribution is -2.01. The van der Waals surface area contributed by atoms with E-state index in [0.29, 0.717) is 12.4 Å². The molecule has 5 heteroatoms. The molecule has 0 spiro atoms. The Morgan fingerprint density at radius 1 is 1.35 bits per heavy atom. The summed E-state index contributed by atoms with van der Waals surface area (Å²) in [7, 11) is 0. The Hall–Kier alpha value is -2.04. The summed E-state index contributed by atoms with van der Waals surface area (Å²) < 4.78 is 13.7. The lowest BCUT2D eigenvalue weighted by molar-refractivity contribution is -0.131. The van der Waals surface area contributed by atoms with Crippen molar-refractivity contribution in [2.24, 2.45) is 0 Å². The van der Waals surface area contributed by atoms with Crippen LogP contribution in [-0.4, -0.2) is 24.8 Å². The van der Waals surface area contributed by atoms with E-state index in [9.17, 15) is 9.59 Å². The molecule has 1 saturated heterocycles. The predicted octanol–water partition coefficient (Wildman–Crippen LogP) is 2.15. The summed E-state index contributed by atoms with van der Waals surface area (Å²) in [6, 6.07) is 8.98. The molecule has 0 bridgehead atoms. The van der Waals surface area contributed by atoms with E-state index in [0.717, 1.165) is 0 Å². The maximum absolute atomic E-state index is 10.4. The number of cyclic esters (lactones) is 2. The Kier molecular flexibility index (Phi) is 5.00. The molecule has 1 aliphatic rings. The van der Waals surface area contributed by atoms with Gasteiger partial charge in [0.1, 0.15) is 18.5 Å². The fraction of sp³-hybridized carbons (Fsp3) is 0.333. The van der Waals surface area contributed by atoms with Crippen LogP contribution >= 0.6 is 0 Å². The van der Waals surface area contributed by atoms with Gasteiger partial charge in [-0.1, -0.05) is 18.2 Å². The Morgan fingerprint density at radius 2 is 2.00 bits per heavy atom. The summed E-state index contributed by atoms with van der Waals surface area (Å²) in [6.07, 6.45) is -0.597. The molecule has 1 atom stereocenters. The van der Waals surface area contributed by atoms with Crippen LogP contribution in [0.15, 0.2) is 30.3 Å². The molecule has 5 nitrogen and oxygen atoms in total. The van der Waals surface area contributed by atoms with Crippen LogP contribution in [0.25, 0.3) is 0 Å². The molecule has 0 aliphatic carbocycles. The van der Waals surface area contributed by atoms with Crippen molar-refractivity contribution in [1.29, 1.82) is 0 Å². The van der Waals surface area contributed by atoms with Crippen LogP contribution in [0.1, 0.15) is 13.8 Å². The van der Waals surface area contributed by atoms with Crippen molar-refractivity contribution in [2.45, 2.75) is 20.0 Å². The summed E-state index contributed by atoms with van der Waals surface area (Å²) >= 11 is 0. The zero-order valence-corrected chi connectivity index (χ0v) is 9.71. The summed E-state index contributed by atoms with van der Waals surface area (Å²) in [6.45, 7) is 3.57. The fourth-order valence-electron chi connectivity index (χ4n) is 1.07. The van der Waals surface area contributed by atoms with Crippen LogP contribution in [0.5, 0.6) is 5.75 Å². The second kappa shape index (κ2) is 6.52. The molecular weight excluding hydrogens is 224 g/mol. The number of carbonyl (C=O) groups is 2. The van der Waals surface area contributed by atoms with Crippen molar-refractivity contribution in [3.8, 4) is 5.75 Å². The van der Waals surface area contributed by atoms with Crippen molar-refractivity contribution >= 4 is 12.1 Å². The highest BCUT2D eigenvalue weighted by atomic mass is 16.8. The van der Waals surface area contributed by atoms with E-state index in [2.05, 4.69) is 9.47 Å². The highest BCUT2D eigenvalue weighted by Gasteiger charge is 2.19. The first-order chi connectivity index (χ1) is 8.08. The van der Waals surface area contributed by atoms with Crippen LogP contribution in [0.4, 0.5) is 4.79 Å². The van der Waals surface area contributed by atoms with E-state index >= 15 is 0 Å². The summed E-state index contributed by atoms with van der Waals surface area (Å²) in [5, 5.41) is 0. The van der Waals surface area contributed by atoms with Crippen molar-refractivity contribution in [3.63, 3.8) is 0 Å².